The first kappa shape index (κ1) is 34.9. The van der Waals surface area contributed by atoms with Crippen LogP contribution in [-0.4, -0.2) is 85.1 Å². The second kappa shape index (κ2) is 17.7. The van der Waals surface area contributed by atoms with Crippen molar-refractivity contribution < 1.29 is 29.0 Å². The molecular weight excluding hydrogens is 630 g/mol. The minimum atomic E-state index is -0.827. The van der Waals surface area contributed by atoms with Crippen molar-refractivity contribution in [1.82, 2.24) is 14.9 Å². The van der Waals surface area contributed by atoms with Crippen molar-refractivity contribution in [1.29, 1.82) is 0 Å². The predicted octanol–water partition coefficient (Wildman–Crippen LogP) is 7.13. The molecule has 0 spiro atoms. The predicted molar refractivity (Wildman–Crippen MR) is 185 cm³/mol. The van der Waals surface area contributed by atoms with Crippen LogP contribution in [0.25, 0.3) is 0 Å². The molecule has 48 heavy (non-hydrogen) atoms. The van der Waals surface area contributed by atoms with E-state index in [2.05, 4.69) is 46.2 Å². The standard InChI is InChI=1S/C38H42ClN3O6/c1-46-37(43)34-28-29(10-8-9-21-42(45)38(44)48-33-13-6-3-7-14-33)15-20-35(34)47-27-26-40-22-24-41(25-23-40)36(30-11-4-2-5-12-30)31-16-18-32(39)19-17-31/h2-7,11-20,28,36,45H,8-10,21-27H2,1H3/t36-/m1/s1. The van der Waals surface area contributed by atoms with Crippen LogP contribution in [0.15, 0.2) is 103 Å². The maximum absolute atomic E-state index is 12.6. The van der Waals surface area contributed by atoms with E-state index < -0.39 is 12.1 Å². The summed E-state index contributed by atoms with van der Waals surface area (Å²) in [7, 11) is 1.36. The van der Waals surface area contributed by atoms with Crippen molar-refractivity contribution in [3.63, 3.8) is 0 Å². The largest absolute Gasteiger partial charge is 0.491 e. The number of methoxy groups -OCH3 is 1. The van der Waals surface area contributed by atoms with Gasteiger partial charge in [-0.25, -0.2) is 9.59 Å². The molecule has 0 unspecified atom stereocenters. The van der Waals surface area contributed by atoms with Gasteiger partial charge in [0.05, 0.1) is 19.7 Å². The molecule has 5 rings (SSSR count). The van der Waals surface area contributed by atoms with Crippen LogP contribution in [0.5, 0.6) is 11.5 Å². The molecule has 1 saturated heterocycles. The number of esters is 1. The number of halogens is 1. The maximum Gasteiger partial charge on any atom is 0.439 e. The lowest BCUT2D eigenvalue weighted by Crippen LogP contribution is -2.48. The highest BCUT2D eigenvalue weighted by molar-refractivity contribution is 6.30. The molecule has 0 aromatic heterocycles. The van der Waals surface area contributed by atoms with E-state index in [1.807, 2.05) is 36.4 Å². The molecule has 4 aromatic rings. The number of carbonyl (C=O) groups excluding carboxylic acids is 2. The van der Waals surface area contributed by atoms with Crippen LogP contribution in [0.3, 0.4) is 0 Å². The SMILES string of the molecule is COC(=O)c1cc(CCCCN(O)C(=O)Oc2ccccc2)ccc1OCCN1CCN([C@H](c2ccccc2)c2ccc(Cl)cc2)CC1. The van der Waals surface area contributed by atoms with Crippen LogP contribution in [0.4, 0.5) is 4.79 Å². The number of benzene rings is 4. The van der Waals surface area contributed by atoms with Gasteiger partial charge in [-0.2, -0.15) is 5.06 Å². The number of ether oxygens (including phenoxy) is 3. The second-order valence-electron chi connectivity index (χ2n) is 11.7. The third-order valence-electron chi connectivity index (χ3n) is 8.43. The number of hydroxylamine groups is 2. The molecule has 0 radical (unpaired) electrons. The average molecular weight is 672 g/mol. The van der Waals surface area contributed by atoms with Crippen LogP contribution in [0.1, 0.15) is 45.9 Å². The number of hydrogen-bond donors (Lipinski definition) is 1. The molecule has 1 N–H and O–H groups in total. The summed E-state index contributed by atoms with van der Waals surface area (Å²) in [5, 5.41) is 11.4. The van der Waals surface area contributed by atoms with Crippen molar-refractivity contribution in [2.24, 2.45) is 0 Å². The topological polar surface area (TPSA) is 91.8 Å². The molecule has 1 aliphatic heterocycles. The lowest BCUT2D eigenvalue weighted by atomic mass is 9.96. The minimum absolute atomic E-state index is 0.124. The third kappa shape index (κ3) is 9.81. The van der Waals surface area contributed by atoms with Gasteiger partial charge in [-0.3, -0.25) is 15.0 Å². The number of aryl methyl sites for hydroxylation is 1. The number of carbonyl (C=O) groups is 2. The molecule has 1 atom stereocenters. The van der Waals surface area contributed by atoms with Crippen molar-refractivity contribution in [2.45, 2.75) is 25.3 Å². The first-order chi connectivity index (χ1) is 23.4. The third-order valence-corrected chi connectivity index (χ3v) is 8.68. The summed E-state index contributed by atoms with van der Waals surface area (Å²) >= 11 is 6.19. The lowest BCUT2D eigenvalue weighted by molar-refractivity contribution is -0.0610. The van der Waals surface area contributed by atoms with Crippen LogP contribution < -0.4 is 9.47 Å². The molecular formula is C38H42ClN3O6. The van der Waals surface area contributed by atoms with Crippen molar-refractivity contribution >= 4 is 23.7 Å². The maximum atomic E-state index is 12.6. The Labute approximate surface area is 287 Å². The van der Waals surface area contributed by atoms with Gasteiger partial charge >= 0.3 is 12.1 Å². The number of amides is 1. The molecule has 1 aliphatic rings. The van der Waals surface area contributed by atoms with E-state index in [4.69, 9.17) is 25.8 Å². The van der Waals surface area contributed by atoms with E-state index in [0.717, 1.165) is 43.3 Å². The van der Waals surface area contributed by atoms with Gasteiger partial charge in [0.2, 0.25) is 0 Å². The number of piperazine rings is 1. The van der Waals surface area contributed by atoms with Crippen LogP contribution in [-0.2, 0) is 11.2 Å². The van der Waals surface area contributed by atoms with E-state index in [9.17, 15) is 14.8 Å². The van der Waals surface area contributed by atoms with Gasteiger partial charge < -0.3 is 14.2 Å². The average Bonchev–Trinajstić information content (AvgIpc) is 3.12. The lowest BCUT2D eigenvalue weighted by Gasteiger charge is -2.39. The molecule has 4 aromatic carbocycles. The Morgan fingerprint density at radius 3 is 2.21 bits per heavy atom. The monoisotopic (exact) mass is 671 g/mol. The van der Waals surface area contributed by atoms with Gasteiger partial charge in [-0.1, -0.05) is 78.3 Å². The minimum Gasteiger partial charge on any atom is -0.491 e. The van der Waals surface area contributed by atoms with E-state index in [1.54, 1.807) is 30.3 Å². The van der Waals surface area contributed by atoms with E-state index in [-0.39, 0.29) is 12.6 Å². The first-order valence-electron chi connectivity index (χ1n) is 16.3. The fraction of sp³-hybridized carbons (Fsp3) is 0.316. The zero-order valence-electron chi connectivity index (χ0n) is 27.2. The van der Waals surface area contributed by atoms with E-state index >= 15 is 0 Å². The summed E-state index contributed by atoms with van der Waals surface area (Å²) in [5.74, 6) is 0.394. The smallest absolute Gasteiger partial charge is 0.439 e. The summed E-state index contributed by atoms with van der Waals surface area (Å²) in [6.07, 6.45) is 1.05. The zero-order valence-corrected chi connectivity index (χ0v) is 27.9. The highest BCUT2D eigenvalue weighted by Gasteiger charge is 2.26. The number of rotatable bonds is 14. The van der Waals surface area contributed by atoms with E-state index in [1.165, 1.54) is 18.2 Å². The molecule has 252 valence electrons. The highest BCUT2D eigenvalue weighted by Crippen LogP contribution is 2.30. The normalized spacial score (nSPS) is 14.2. The molecule has 9 nitrogen and oxygen atoms in total. The fourth-order valence-electron chi connectivity index (χ4n) is 5.88. The fourth-order valence-corrected chi connectivity index (χ4v) is 6.00. The Kier molecular flexibility index (Phi) is 12.8. The molecule has 1 fully saturated rings. The Morgan fingerprint density at radius 2 is 1.52 bits per heavy atom. The van der Waals surface area contributed by atoms with Crippen LogP contribution in [0.2, 0.25) is 5.02 Å². The van der Waals surface area contributed by atoms with Crippen molar-refractivity contribution in [3.05, 3.63) is 130 Å². The van der Waals surface area contributed by atoms with Gasteiger partial charge in [0, 0.05) is 37.7 Å². The second-order valence-corrected chi connectivity index (χ2v) is 12.1. The summed E-state index contributed by atoms with van der Waals surface area (Å²) in [6.45, 7) is 4.92. The Hall–Kier alpha value is -4.41. The molecule has 10 heteroatoms. The van der Waals surface area contributed by atoms with Crippen molar-refractivity contribution in [2.75, 3.05) is 53.0 Å². The molecule has 0 bridgehead atoms. The van der Waals surface area contributed by atoms with Gasteiger partial charge in [-0.05, 0) is 72.4 Å². The zero-order chi connectivity index (χ0) is 33.7. The van der Waals surface area contributed by atoms with Crippen LogP contribution >= 0.6 is 11.6 Å². The number of hydrogen-bond acceptors (Lipinski definition) is 8. The quantitative estimate of drug-likeness (QED) is 0.0656. The summed E-state index contributed by atoms with van der Waals surface area (Å²) in [6, 6.07) is 33.0. The number of nitrogens with zero attached hydrogens (tertiary/aromatic N) is 3. The van der Waals surface area contributed by atoms with Crippen molar-refractivity contribution in [3.8, 4) is 11.5 Å². The summed E-state index contributed by atoms with van der Waals surface area (Å²) in [4.78, 5) is 29.6. The summed E-state index contributed by atoms with van der Waals surface area (Å²) < 4.78 is 16.3. The number of para-hydroxylation sites is 1. The molecule has 1 amide bonds. The number of unbranched alkanes of at least 4 members (excludes halogenated alkanes) is 1. The van der Waals surface area contributed by atoms with E-state index in [0.29, 0.717) is 48.0 Å². The van der Waals surface area contributed by atoms with Gasteiger partial charge in [0.1, 0.15) is 23.7 Å². The molecule has 1 heterocycles. The molecule has 0 aliphatic carbocycles. The highest BCUT2D eigenvalue weighted by atomic mass is 35.5. The Balaban J connectivity index is 1.09. The molecule has 0 saturated carbocycles. The van der Waals surface area contributed by atoms with Gasteiger partial charge in [0.15, 0.2) is 0 Å². The Bertz CT molecular complexity index is 1600. The van der Waals surface area contributed by atoms with Gasteiger partial charge in [-0.15, -0.1) is 0 Å². The van der Waals surface area contributed by atoms with Gasteiger partial charge in [0.25, 0.3) is 0 Å². The first-order valence-corrected chi connectivity index (χ1v) is 16.6. The summed E-state index contributed by atoms with van der Waals surface area (Å²) in [5.41, 5.74) is 3.79. The van der Waals surface area contributed by atoms with Crippen LogP contribution in [0, 0.1) is 0 Å². The Morgan fingerprint density at radius 1 is 0.854 bits per heavy atom.